The lowest BCUT2D eigenvalue weighted by molar-refractivity contribution is 0.563. The highest BCUT2D eigenvalue weighted by Gasteiger charge is 2.23. The topological polar surface area (TPSA) is 23.8 Å². The van der Waals surface area contributed by atoms with E-state index in [0.717, 1.165) is 12.0 Å². The largest absolute Gasteiger partial charge is 0.207 e. The lowest BCUT2D eigenvalue weighted by Crippen LogP contribution is -2.16. The van der Waals surface area contributed by atoms with E-state index >= 15 is 0 Å². The predicted octanol–water partition coefficient (Wildman–Crippen LogP) is 3.19. The smallest absolute Gasteiger partial charge is 0.128 e. The Morgan fingerprint density at radius 1 is 1.43 bits per heavy atom. The molecule has 0 aliphatic carbocycles. The van der Waals surface area contributed by atoms with Crippen molar-refractivity contribution in [3.05, 3.63) is 35.1 Å². The molecule has 0 bridgehead atoms. The van der Waals surface area contributed by atoms with Crippen LogP contribution in [0.1, 0.15) is 31.9 Å². The summed E-state index contributed by atoms with van der Waals surface area (Å²) in [6.45, 7) is 5.41. The first-order valence-electron chi connectivity index (χ1n) is 4.71. The van der Waals surface area contributed by atoms with Crippen LogP contribution in [0.15, 0.2) is 18.2 Å². The van der Waals surface area contributed by atoms with Crippen LogP contribution in [0.3, 0.4) is 0 Å². The monoisotopic (exact) mass is 191 g/mol. The second-order valence-electron chi connectivity index (χ2n) is 3.90. The Kier molecular flexibility index (Phi) is 2.90. The zero-order chi connectivity index (χ0) is 10.8. The van der Waals surface area contributed by atoms with Crippen molar-refractivity contribution in [2.24, 2.45) is 0 Å². The maximum absolute atomic E-state index is 13.6. The second-order valence-corrected chi connectivity index (χ2v) is 3.90. The molecule has 0 N–H and O–H groups in total. The van der Waals surface area contributed by atoms with Crippen LogP contribution in [-0.4, -0.2) is 0 Å². The summed E-state index contributed by atoms with van der Waals surface area (Å²) in [5.74, 6) is -0.282. The fraction of sp³-hybridized carbons (Fsp3) is 0.417. The van der Waals surface area contributed by atoms with Crippen LogP contribution in [0.4, 0.5) is 4.39 Å². The van der Waals surface area contributed by atoms with Crippen molar-refractivity contribution in [2.45, 2.75) is 32.6 Å². The maximum Gasteiger partial charge on any atom is 0.128 e. The van der Waals surface area contributed by atoms with E-state index in [4.69, 9.17) is 5.26 Å². The molecule has 0 atom stereocenters. The van der Waals surface area contributed by atoms with E-state index in [9.17, 15) is 4.39 Å². The molecule has 1 aromatic rings. The minimum Gasteiger partial charge on any atom is -0.207 e. The summed E-state index contributed by atoms with van der Waals surface area (Å²) in [5.41, 5.74) is 0.674. The van der Waals surface area contributed by atoms with Crippen molar-refractivity contribution >= 4 is 0 Å². The summed E-state index contributed by atoms with van der Waals surface area (Å²) >= 11 is 0. The molecule has 0 saturated heterocycles. The van der Waals surface area contributed by atoms with E-state index in [2.05, 4.69) is 6.07 Å². The first-order chi connectivity index (χ1) is 6.51. The third-order valence-electron chi connectivity index (χ3n) is 2.39. The van der Waals surface area contributed by atoms with Gasteiger partial charge < -0.3 is 0 Å². The van der Waals surface area contributed by atoms with Gasteiger partial charge in [0.2, 0.25) is 0 Å². The molecule has 74 valence electrons. The molecule has 0 amide bonds. The normalized spacial score (nSPS) is 11.1. The number of halogens is 1. The van der Waals surface area contributed by atoms with Crippen molar-refractivity contribution < 1.29 is 4.39 Å². The van der Waals surface area contributed by atoms with Crippen molar-refractivity contribution in [3.8, 4) is 6.07 Å². The van der Waals surface area contributed by atoms with Gasteiger partial charge in [-0.05, 0) is 31.9 Å². The number of aryl methyl sites for hydroxylation is 1. The van der Waals surface area contributed by atoms with Crippen LogP contribution < -0.4 is 0 Å². The molecule has 0 aliphatic heterocycles. The summed E-state index contributed by atoms with van der Waals surface area (Å²) in [6.07, 6.45) is 0.810. The van der Waals surface area contributed by atoms with Gasteiger partial charge in [0.1, 0.15) is 5.82 Å². The number of hydrogen-bond donors (Lipinski definition) is 0. The van der Waals surface area contributed by atoms with E-state index < -0.39 is 5.41 Å². The van der Waals surface area contributed by atoms with E-state index in [1.165, 1.54) is 6.07 Å². The molecule has 0 saturated carbocycles. The van der Waals surface area contributed by atoms with Gasteiger partial charge in [0.15, 0.2) is 0 Å². The van der Waals surface area contributed by atoms with Crippen LogP contribution in [0.25, 0.3) is 0 Å². The Morgan fingerprint density at radius 3 is 2.50 bits per heavy atom. The highest BCUT2D eigenvalue weighted by molar-refractivity contribution is 5.34. The average Bonchev–Trinajstić information content (AvgIpc) is 2.17. The van der Waals surface area contributed by atoms with Gasteiger partial charge in [-0.2, -0.15) is 5.26 Å². The average molecular weight is 191 g/mol. The van der Waals surface area contributed by atoms with Crippen molar-refractivity contribution in [1.29, 1.82) is 5.26 Å². The molecule has 1 rings (SSSR count). The predicted molar refractivity (Wildman–Crippen MR) is 54.4 cm³/mol. The van der Waals surface area contributed by atoms with Gasteiger partial charge in [-0.25, -0.2) is 4.39 Å². The molecule has 1 aromatic carbocycles. The molecule has 14 heavy (non-hydrogen) atoms. The number of rotatable bonds is 2. The van der Waals surface area contributed by atoms with Gasteiger partial charge in [-0.15, -0.1) is 0 Å². The Bertz CT molecular complexity index is 374. The molecule has 0 aromatic heterocycles. The van der Waals surface area contributed by atoms with Gasteiger partial charge in [0.05, 0.1) is 11.5 Å². The van der Waals surface area contributed by atoms with Gasteiger partial charge in [-0.1, -0.05) is 19.1 Å². The summed E-state index contributed by atoms with van der Waals surface area (Å²) in [5, 5.41) is 8.88. The lowest BCUT2D eigenvalue weighted by atomic mass is 9.85. The van der Waals surface area contributed by atoms with Crippen LogP contribution >= 0.6 is 0 Å². The third kappa shape index (κ3) is 1.93. The van der Waals surface area contributed by atoms with Crippen molar-refractivity contribution in [2.75, 3.05) is 0 Å². The maximum atomic E-state index is 13.6. The Labute approximate surface area is 84.2 Å². The highest BCUT2D eigenvalue weighted by Crippen LogP contribution is 2.25. The van der Waals surface area contributed by atoms with Crippen molar-refractivity contribution in [3.63, 3.8) is 0 Å². The molecule has 0 fully saturated rings. The number of benzene rings is 1. The number of nitriles is 1. The fourth-order valence-electron chi connectivity index (χ4n) is 1.35. The number of nitrogens with zero attached hydrogens (tertiary/aromatic N) is 1. The van der Waals surface area contributed by atoms with Crippen LogP contribution in [0, 0.1) is 17.1 Å². The fourth-order valence-corrected chi connectivity index (χ4v) is 1.35. The number of hydrogen-bond acceptors (Lipinski definition) is 1. The van der Waals surface area contributed by atoms with Gasteiger partial charge in [0, 0.05) is 5.56 Å². The molecule has 0 unspecified atom stereocenters. The van der Waals surface area contributed by atoms with Gasteiger partial charge in [0.25, 0.3) is 0 Å². The lowest BCUT2D eigenvalue weighted by Gasteiger charge is -2.16. The van der Waals surface area contributed by atoms with E-state index in [0.29, 0.717) is 5.56 Å². The summed E-state index contributed by atoms with van der Waals surface area (Å²) in [6, 6.07) is 7.18. The molecule has 1 nitrogen and oxygen atoms in total. The quantitative estimate of drug-likeness (QED) is 0.704. The standard InChI is InChI=1S/C12H14FN/c1-4-9-5-6-10(11(13)7-9)12(2,3)8-14/h5-7H,4H2,1-3H3. The molecular formula is C12H14FN. The second kappa shape index (κ2) is 3.79. The molecule has 0 radical (unpaired) electrons. The minimum absolute atomic E-state index is 0.282. The third-order valence-corrected chi connectivity index (χ3v) is 2.39. The van der Waals surface area contributed by atoms with Crippen molar-refractivity contribution in [1.82, 2.24) is 0 Å². The summed E-state index contributed by atoms with van der Waals surface area (Å²) < 4.78 is 13.6. The molecule has 0 aliphatic rings. The summed E-state index contributed by atoms with van der Waals surface area (Å²) in [4.78, 5) is 0. The van der Waals surface area contributed by atoms with Gasteiger partial charge >= 0.3 is 0 Å². The summed E-state index contributed by atoms with van der Waals surface area (Å²) in [7, 11) is 0. The molecule has 0 spiro atoms. The zero-order valence-corrected chi connectivity index (χ0v) is 8.76. The molecule has 2 heteroatoms. The van der Waals surface area contributed by atoms with Crippen LogP contribution in [-0.2, 0) is 11.8 Å². The van der Waals surface area contributed by atoms with E-state index in [1.54, 1.807) is 19.9 Å². The van der Waals surface area contributed by atoms with E-state index in [1.807, 2.05) is 13.0 Å². The Balaban J connectivity index is 3.20. The zero-order valence-electron chi connectivity index (χ0n) is 8.76. The SMILES string of the molecule is CCc1ccc(C(C)(C)C#N)c(F)c1. The first kappa shape index (κ1) is 10.7. The van der Waals surface area contributed by atoms with E-state index in [-0.39, 0.29) is 5.82 Å². The molecule has 0 heterocycles. The van der Waals surface area contributed by atoms with Crippen LogP contribution in [0.5, 0.6) is 0 Å². The Morgan fingerprint density at radius 2 is 2.07 bits per heavy atom. The van der Waals surface area contributed by atoms with Crippen LogP contribution in [0.2, 0.25) is 0 Å². The molecular weight excluding hydrogens is 177 g/mol. The van der Waals surface area contributed by atoms with Gasteiger partial charge in [-0.3, -0.25) is 0 Å². The highest BCUT2D eigenvalue weighted by atomic mass is 19.1. The minimum atomic E-state index is -0.754. The Hall–Kier alpha value is -1.36. The first-order valence-corrected chi connectivity index (χ1v) is 4.71.